The normalized spacial score (nSPS) is 12.2. The second-order valence-electron chi connectivity index (χ2n) is 3.57. The summed E-state index contributed by atoms with van der Waals surface area (Å²) in [5.41, 5.74) is 6.05. The third kappa shape index (κ3) is 4.48. The number of ether oxygens (including phenoxy) is 1. The number of carbonyl (C=O) groups excluding carboxylic acids is 1. The molecule has 0 aliphatic carbocycles. The van der Waals surface area contributed by atoms with E-state index in [1.165, 1.54) is 17.8 Å². The number of hydrogen-bond acceptors (Lipinski definition) is 4. The van der Waals surface area contributed by atoms with Gasteiger partial charge in [0.2, 0.25) is 0 Å². The Morgan fingerprint density at radius 1 is 1.61 bits per heavy atom. The van der Waals surface area contributed by atoms with Gasteiger partial charge in [-0.1, -0.05) is 17.7 Å². The van der Waals surface area contributed by atoms with Gasteiger partial charge in [0.15, 0.2) is 0 Å². The van der Waals surface area contributed by atoms with E-state index in [2.05, 4.69) is 0 Å². The summed E-state index contributed by atoms with van der Waals surface area (Å²) >= 11 is 7.23. The molecule has 0 amide bonds. The molecule has 0 heterocycles. The molecule has 0 aromatic heterocycles. The van der Waals surface area contributed by atoms with Crippen molar-refractivity contribution in [1.82, 2.24) is 0 Å². The average Bonchev–Trinajstić information content (AvgIpc) is 2.33. The first-order chi connectivity index (χ1) is 8.56. The molecule has 1 unspecified atom stereocenters. The van der Waals surface area contributed by atoms with E-state index in [9.17, 15) is 9.18 Å². The molecule has 100 valence electrons. The number of halogens is 2. The Labute approximate surface area is 115 Å². The predicted octanol–water partition coefficient (Wildman–Crippen LogP) is 2.60. The maximum atomic E-state index is 13.4. The second kappa shape index (κ2) is 7.61. The van der Waals surface area contributed by atoms with Crippen LogP contribution in [-0.2, 0) is 15.3 Å². The summed E-state index contributed by atoms with van der Waals surface area (Å²) in [7, 11) is 0. The molecule has 0 aliphatic heterocycles. The van der Waals surface area contributed by atoms with Crippen LogP contribution in [0.5, 0.6) is 0 Å². The smallest absolute Gasteiger partial charge is 0.323 e. The molecule has 0 saturated carbocycles. The van der Waals surface area contributed by atoms with Gasteiger partial charge in [0.1, 0.15) is 11.9 Å². The van der Waals surface area contributed by atoms with Crippen LogP contribution in [0.25, 0.3) is 0 Å². The fraction of sp³-hybridized carbons (Fsp3) is 0.417. The van der Waals surface area contributed by atoms with Crippen LogP contribution in [0.4, 0.5) is 4.39 Å². The van der Waals surface area contributed by atoms with E-state index < -0.39 is 12.0 Å². The Bertz CT molecular complexity index is 397. The Morgan fingerprint density at radius 3 is 2.94 bits per heavy atom. The third-order valence-corrected chi connectivity index (χ3v) is 3.64. The zero-order chi connectivity index (χ0) is 13.5. The van der Waals surface area contributed by atoms with Gasteiger partial charge in [-0.25, -0.2) is 4.39 Å². The van der Waals surface area contributed by atoms with Gasteiger partial charge in [-0.15, -0.1) is 0 Å². The predicted molar refractivity (Wildman–Crippen MR) is 72.2 cm³/mol. The molecule has 0 bridgehead atoms. The highest BCUT2D eigenvalue weighted by molar-refractivity contribution is 7.98. The minimum atomic E-state index is -0.694. The van der Waals surface area contributed by atoms with E-state index in [0.717, 1.165) is 0 Å². The first-order valence-electron chi connectivity index (χ1n) is 5.49. The summed E-state index contributed by atoms with van der Waals surface area (Å²) in [6, 6.07) is 3.84. The van der Waals surface area contributed by atoms with E-state index in [4.69, 9.17) is 22.1 Å². The Kier molecular flexibility index (Phi) is 6.46. The van der Waals surface area contributed by atoms with Crippen LogP contribution in [0.2, 0.25) is 5.02 Å². The first kappa shape index (κ1) is 15.3. The van der Waals surface area contributed by atoms with Crippen molar-refractivity contribution in [3.63, 3.8) is 0 Å². The fourth-order valence-corrected chi connectivity index (χ4v) is 2.59. The third-order valence-electron chi connectivity index (χ3n) is 2.19. The SMILES string of the molecule is CCOC(=O)C(N)CSCc1c(F)cccc1Cl. The Balaban J connectivity index is 2.44. The van der Waals surface area contributed by atoms with Crippen molar-refractivity contribution in [2.24, 2.45) is 5.73 Å². The van der Waals surface area contributed by atoms with Crippen molar-refractivity contribution in [3.8, 4) is 0 Å². The summed E-state index contributed by atoms with van der Waals surface area (Å²) in [5, 5.41) is 0.382. The Morgan fingerprint density at radius 2 is 2.33 bits per heavy atom. The molecule has 1 aromatic carbocycles. The second-order valence-corrected chi connectivity index (χ2v) is 5.01. The molecule has 0 spiro atoms. The maximum Gasteiger partial charge on any atom is 0.323 e. The fourth-order valence-electron chi connectivity index (χ4n) is 1.28. The van der Waals surface area contributed by atoms with Crippen LogP contribution in [0, 0.1) is 5.82 Å². The molecule has 18 heavy (non-hydrogen) atoms. The topological polar surface area (TPSA) is 52.3 Å². The standard InChI is InChI=1S/C12H15ClFNO2S/c1-2-17-12(16)11(15)7-18-6-8-9(13)4-3-5-10(8)14/h3-5,11H,2,6-7,15H2,1H3. The van der Waals surface area contributed by atoms with Crippen molar-refractivity contribution in [2.45, 2.75) is 18.7 Å². The first-order valence-corrected chi connectivity index (χ1v) is 7.02. The molecule has 2 N–H and O–H groups in total. The van der Waals surface area contributed by atoms with Gasteiger partial charge in [-0.05, 0) is 19.1 Å². The highest BCUT2D eigenvalue weighted by Crippen LogP contribution is 2.24. The lowest BCUT2D eigenvalue weighted by atomic mass is 10.2. The number of rotatable bonds is 6. The summed E-state index contributed by atoms with van der Waals surface area (Å²) < 4.78 is 18.2. The van der Waals surface area contributed by atoms with Gasteiger partial charge in [0.25, 0.3) is 0 Å². The molecule has 0 fully saturated rings. The zero-order valence-corrected chi connectivity index (χ0v) is 11.6. The van der Waals surface area contributed by atoms with Gasteiger partial charge in [0.05, 0.1) is 6.61 Å². The average molecular weight is 292 g/mol. The van der Waals surface area contributed by atoms with E-state index in [1.54, 1.807) is 19.1 Å². The van der Waals surface area contributed by atoms with Crippen molar-refractivity contribution < 1.29 is 13.9 Å². The van der Waals surface area contributed by atoms with E-state index in [1.807, 2.05) is 0 Å². The van der Waals surface area contributed by atoms with Gasteiger partial charge < -0.3 is 10.5 Å². The lowest BCUT2D eigenvalue weighted by Crippen LogP contribution is -2.34. The highest BCUT2D eigenvalue weighted by atomic mass is 35.5. The van der Waals surface area contributed by atoms with E-state index in [-0.39, 0.29) is 5.82 Å². The maximum absolute atomic E-state index is 13.4. The minimum absolute atomic E-state index is 0.302. The van der Waals surface area contributed by atoms with Crippen LogP contribution in [0.3, 0.4) is 0 Å². The van der Waals surface area contributed by atoms with Crippen LogP contribution in [0.1, 0.15) is 12.5 Å². The molecule has 1 rings (SSSR count). The van der Waals surface area contributed by atoms with Gasteiger partial charge in [-0.2, -0.15) is 11.8 Å². The number of esters is 1. The largest absolute Gasteiger partial charge is 0.465 e. The number of thioether (sulfide) groups is 1. The summed E-state index contributed by atoms with van der Waals surface area (Å²) in [6.07, 6.45) is 0. The van der Waals surface area contributed by atoms with Gasteiger partial charge >= 0.3 is 5.97 Å². The molecular weight excluding hydrogens is 277 g/mol. The lowest BCUT2D eigenvalue weighted by molar-refractivity contribution is -0.144. The van der Waals surface area contributed by atoms with Crippen LogP contribution in [-0.4, -0.2) is 24.4 Å². The summed E-state index contributed by atoms with van der Waals surface area (Å²) in [6.45, 7) is 2.02. The molecule has 1 atom stereocenters. The van der Waals surface area contributed by atoms with Gasteiger partial charge in [-0.3, -0.25) is 4.79 Å². The van der Waals surface area contributed by atoms with Gasteiger partial charge in [0, 0.05) is 22.1 Å². The zero-order valence-electron chi connectivity index (χ0n) is 9.99. The van der Waals surface area contributed by atoms with Crippen molar-refractivity contribution >= 4 is 29.3 Å². The van der Waals surface area contributed by atoms with Crippen molar-refractivity contribution in [3.05, 3.63) is 34.6 Å². The molecule has 0 saturated heterocycles. The number of carbonyl (C=O) groups is 1. The van der Waals surface area contributed by atoms with E-state index in [0.29, 0.717) is 28.7 Å². The molecular formula is C12H15ClFNO2S. The Hall–Kier alpha value is -0.780. The van der Waals surface area contributed by atoms with E-state index >= 15 is 0 Å². The van der Waals surface area contributed by atoms with Crippen molar-refractivity contribution in [2.75, 3.05) is 12.4 Å². The summed E-state index contributed by atoms with van der Waals surface area (Å²) in [5.74, 6) is -0.0494. The molecule has 0 aliphatic rings. The lowest BCUT2D eigenvalue weighted by Gasteiger charge is -2.10. The monoisotopic (exact) mass is 291 g/mol. The van der Waals surface area contributed by atoms with Crippen LogP contribution < -0.4 is 5.73 Å². The van der Waals surface area contributed by atoms with Crippen LogP contribution in [0.15, 0.2) is 18.2 Å². The van der Waals surface area contributed by atoms with Crippen molar-refractivity contribution in [1.29, 1.82) is 0 Å². The molecule has 1 aromatic rings. The molecule has 6 heteroatoms. The number of hydrogen-bond donors (Lipinski definition) is 1. The van der Waals surface area contributed by atoms with Crippen LogP contribution >= 0.6 is 23.4 Å². The highest BCUT2D eigenvalue weighted by Gasteiger charge is 2.15. The number of benzene rings is 1. The quantitative estimate of drug-likeness (QED) is 0.819. The summed E-state index contributed by atoms with van der Waals surface area (Å²) in [4.78, 5) is 11.3. The number of nitrogens with two attached hydrogens (primary N) is 1. The molecule has 0 radical (unpaired) electrons. The molecule has 3 nitrogen and oxygen atoms in total. The minimum Gasteiger partial charge on any atom is -0.465 e.